The Morgan fingerprint density at radius 1 is 1.22 bits per heavy atom. The van der Waals surface area contributed by atoms with Crippen LogP contribution in [0.1, 0.15) is 30.9 Å². The van der Waals surface area contributed by atoms with Crippen molar-refractivity contribution in [1.82, 2.24) is 14.8 Å². The van der Waals surface area contributed by atoms with Gasteiger partial charge in [0, 0.05) is 4.88 Å². The smallest absolute Gasteiger partial charge is 0.316 e. The lowest BCUT2D eigenvalue weighted by Crippen LogP contribution is -2.08. The summed E-state index contributed by atoms with van der Waals surface area (Å²) in [5.74, 6) is 0.0151. The van der Waals surface area contributed by atoms with E-state index in [1.807, 2.05) is 17.6 Å². The number of nitrogens with zero attached hydrogens (tertiary/aromatic N) is 3. The number of hydrogen-bond acceptors (Lipinski definition) is 6. The fourth-order valence-corrected chi connectivity index (χ4v) is 5.56. The molecule has 0 atom stereocenters. The summed E-state index contributed by atoms with van der Waals surface area (Å²) in [6.07, 6.45) is 6.38. The molecule has 140 valence electrons. The van der Waals surface area contributed by atoms with Crippen LogP contribution < -0.4 is 0 Å². The van der Waals surface area contributed by atoms with Gasteiger partial charge in [-0.2, -0.15) is 0 Å². The SMILES string of the molecule is CCOC(=O)CSc1nncn1-c1sc(-c2ccccc2)c2c1CCCC2. The number of benzene rings is 1. The van der Waals surface area contributed by atoms with Gasteiger partial charge < -0.3 is 4.74 Å². The average molecular weight is 400 g/mol. The average Bonchev–Trinajstić information content (AvgIpc) is 3.31. The van der Waals surface area contributed by atoms with Crippen molar-refractivity contribution in [3.05, 3.63) is 47.8 Å². The minimum absolute atomic E-state index is 0.227. The monoisotopic (exact) mass is 399 g/mol. The summed E-state index contributed by atoms with van der Waals surface area (Å²) in [5, 5.41) is 10.2. The van der Waals surface area contributed by atoms with Gasteiger partial charge in [0.1, 0.15) is 11.3 Å². The van der Waals surface area contributed by atoms with Crippen LogP contribution in [0.25, 0.3) is 15.4 Å². The Balaban J connectivity index is 1.70. The first-order valence-corrected chi connectivity index (χ1v) is 11.0. The molecule has 27 heavy (non-hydrogen) atoms. The van der Waals surface area contributed by atoms with Gasteiger partial charge in [-0.25, -0.2) is 0 Å². The molecule has 0 radical (unpaired) electrons. The third-order valence-corrected chi connectivity index (χ3v) is 6.83. The second-order valence-electron chi connectivity index (χ2n) is 6.34. The molecule has 0 bridgehead atoms. The Morgan fingerprint density at radius 3 is 2.78 bits per heavy atom. The topological polar surface area (TPSA) is 57.0 Å². The number of rotatable bonds is 6. The van der Waals surface area contributed by atoms with Gasteiger partial charge >= 0.3 is 5.97 Å². The van der Waals surface area contributed by atoms with Crippen LogP contribution in [0.3, 0.4) is 0 Å². The molecule has 0 aliphatic heterocycles. The standard InChI is InChI=1S/C20H21N3O2S2/c1-2-25-17(24)12-26-20-22-21-13-23(20)19-16-11-7-6-10-15(16)18(27-19)14-8-4-3-5-9-14/h3-5,8-9,13H,2,6-7,10-12H2,1H3. The molecule has 0 unspecified atom stereocenters. The van der Waals surface area contributed by atoms with E-state index in [1.54, 1.807) is 17.7 Å². The molecule has 4 rings (SSSR count). The van der Waals surface area contributed by atoms with Crippen LogP contribution >= 0.6 is 23.1 Å². The van der Waals surface area contributed by atoms with Gasteiger partial charge in [-0.15, -0.1) is 21.5 Å². The zero-order chi connectivity index (χ0) is 18.6. The van der Waals surface area contributed by atoms with E-state index < -0.39 is 0 Å². The van der Waals surface area contributed by atoms with Crippen LogP contribution in [0.2, 0.25) is 0 Å². The predicted molar refractivity (Wildman–Crippen MR) is 109 cm³/mol. The number of thiophene rings is 1. The van der Waals surface area contributed by atoms with Crippen molar-refractivity contribution in [3.8, 4) is 15.4 Å². The summed E-state index contributed by atoms with van der Waals surface area (Å²) in [5.41, 5.74) is 4.13. The Kier molecular flexibility index (Phi) is 5.59. The van der Waals surface area contributed by atoms with E-state index in [4.69, 9.17) is 4.74 Å². The number of fused-ring (bicyclic) bond motifs is 1. The fraction of sp³-hybridized carbons (Fsp3) is 0.350. The third kappa shape index (κ3) is 3.80. The van der Waals surface area contributed by atoms with Crippen LogP contribution in [0.15, 0.2) is 41.8 Å². The molecule has 1 aliphatic carbocycles. The summed E-state index contributed by atoms with van der Waals surface area (Å²) in [6, 6.07) is 10.6. The molecule has 3 aromatic rings. The summed E-state index contributed by atoms with van der Waals surface area (Å²) < 4.78 is 7.06. The van der Waals surface area contributed by atoms with Crippen molar-refractivity contribution < 1.29 is 9.53 Å². The molecule has 0 amide bonds. The van der Waals surface area contributed by atoms with Crippen LogP contribution in [0.4, 0.5) is 0 Å². The molecule has 0 N–H and O–H groups in total. The molecule has 7 heteroatoms. The zero-order valence-electron chi connectivity index (χ0n) is 15.2. The number of ether oxygens (including phenoxy) is 1. The van der Waals surface area contributed by atoms with E-state index in [0.717, 1.165) is 18.0 Å². The van der Waals surface area contributed by atoms with Crippen molar-refractivity contribution in [2.24, 2.45) is 0 Å². The molecule has 0 saturated heterocycles. The van der Waals surface area contributed by atoms with Gasteiger partial charge in [0.2, 0.25) is 0 Å². The van der Waals surface area contributed by atoms with E-state index in [1.165, 1.54) is 51.2 Å². The van der Waals surface area contributed by atoms with Gasteiger partial charge in [0.25, 0.3) is 0 Å². The highest BCUT2D eigenvalue weighted by Crippen LogP contribution is 2.43. The predicted octanol–water partition coefficient (Wildman–Crippen LogP) is 4.53. The third-order valence-electron chi connectivity index (χ3n) is 4.59. The maximum atomic E-state index is 11.7. The molecular weight excluding hydrogens is 378 g/mol. The van der Waals surface area contributed by atoms with Crippen LogP contribution in [-0.2, 0) is 22.4 Å². The van der Waals surface area contributed by atoms with Crippen molar-refractivity contribution in [3.63, 3.8) is 0 Å². The Hall–Kier alpha value is -2.12. The number of aromatic nitrogens is 3. The van der Waals surface area contributed by atoms with E-state index in [0.29, 0.717) is 6.61 Å². The van der Waals surface area contributed by atoms with Gasteiger partial charge in [-0.3, -0.25) is 9.36 Å². The molecular formula is C20H21N3O2S2. The fourth-order valence-electron chi connectivity index (χ4n) is 3.42. The van der Waals surface area contributed by atoms with Crippen molar-refractivity contribution >= 4 is 29.1 Å². The molecule has 2 aromatic heterocycles. The first-order chi connectivity index (χ1) is 13.3. The van der Waals surface area contributed by atoms with Crippen molar-refractivity contribution in [2.75, 3.05) is 12.4 Å². The molecule has 0 fully saturated rings. The molecule has 1 aliphatic rings. The molecule has 1 aromatic carbocycles. The van der Waals surface area contributed by atoms with E-state index in [-0.39, 0.29) is 11.7 Å². The van der Waals surface area contributed by atoms with Gasteiger partial charge in [0.05, 0.1) is 12.4 Å². The number of thioether (sulfide) groups is 1. The minimum atomic E-state index is -0.227. The van der Waals surface area contributed by atoms with Crippen LogP contribution in [-0.4, -0.2) is 33.1 Å². The minimum Gasteiger partial charge on any atom is -0.465 e. The largest absolute Gasteiger partial charge is 0.465 e. The lowest BCUT2D eigenvalue weighted by atomic mass is 9.91. The summed E-state index contributed by atoms with van der Waals surface area (Å²) in [7, 11) is 0. The Labute approximate surface area is 166 Å². The lowest BCUT2D eigenvalue weighted by Gasteiger charge is -2.15. The lowest BCUT2D eigenvalue weighted by molar-refractivity contribution is -0.139. The second-order valence-corrected chi connectivity index (χ2v) is 8.29. The van der Waals surface area contributed by atoms with Crippen molar-refractivity contribution in [1.29, 1.82) is 0 Å². The first-order valence-electron chi connectivity index (χ1n) is 9.16. The van der Waals surface area contributed by atoms with E-state index >= 15 is 0 Å². The van der Waals surface area contributed by atoms with Gasteiger partial charge in [-0.05, 0) is 49.3 Å². The molecule has 5 nitrogen and oxygen atoms in total. The number of esters is 1. The summed E-state index contributed by atoms with van der Waals surface area (Å²) in [4.78, 5) is 13.1. The van der Waals surface area contributed by atoms with Crippen molar-refractivity contribution in [2.45, 2.75) is 37.8 Å². The number of carbonyl (C=O) groups is 1. The van der Waals surface area contributed by atoms with E-state index in [2.05, 4.69) is 34.5 Å². The van der Waals surface area contributed by atoms with Crippen LogP contribution in [0, 0.1) is 0 Å². The van der Waals surface area contributed by atoms with Gasteiger partial charge in [0.15, 0.2) is 5.16 Å². The maximum absolute atomic E-state index is 11.7. The van der Waals surface area contributed by atoms with E-state index in [9.17, 15) is 4.79 Å². The highest BCUT2D eigenvalue weighted by Gasteiger charge is 2.24. The number of hydrogen-bond donors (Lipinski definition) is 0. The second kappa shape index (κ2) is 8.27. The number of carbonyl (C=O) groups excluding carboxylic acids is 1. The Bertz CT molecular complexity index is 934. The highest BCUT2D eigenvalue weighted by atomic mass is 32.2. The Morgan fingerprint density at radius 2 is 2.00 bits per heavy atom. The quantitative estimate of drug-likeness (QED) is 0.450. The molecule has 0 spiro atoms. The summed E-state index contributed by atoms with van der Waals surface area (Å²) in [6.45, 7) is 2.21. The van der Waals surface area contributed by atoms with Gasteiger partial charge in [-0.1, -0.05) is 42.1 Å². The van der Waals surface area contributed by atoms with Crippen LogP contribution in [0.5, 0.6) is 0 Å². The highest BCUT2D eigenvalue weighted by molar-refractivity contribution is 7.99. The first kappa shape index (κ1) is 18.3. The summed E-state index contributed by atoms with van der Waals surface area (Å²) >= 11 is 3.17. The zero-order valence-corrected chi connectivity index (χ0v) is 16.8. The molecule has 2 heterocycles. The molecule has 0 saturated carbocycles. The normalized spacial score (nSPS) is 13.4. The maximum Gasteiger partial charge on any atom is 0.316 e.